The third-order valence-electron chi connectivity index (χ3n) is 4.61. The van der Waals surface area contributed by atoms with Crippen molar-refractivity contribution in [2.45, 2.75) is 19.4 Å². The molecule has 2 aromatic carbocycles. The molecule has 2 aromatic rings. The fourth-order valence-corrected chi connectivity index (χ4v) is 2.72. The Bertz CT molecular complexity index is 764. The summed E-state index contributed by atoms with van der Waals surface area (Å²) in [7, 11) is 6.77. The van der Waals surface area contributed by atoms with Crippen LogP contribution >= 0.6 is 0 Å². The minimum Gasteiger partial charge on any atom is -0.495 e. The average Bonchev–Trinajstić information content (AvgIpc) is 2.71. The number of carbonyl (C=O) groups is 1. The molecule has 6 nitrogen and oxygen atoms in total. The van der Waals surface area contributed by atoms with Gasteiger partial charge in [-0.05, 0) is 50.2 Å². The minimum atomic E-state index is -0.282. The lowest BCUT2D eigenvalue weighted by molar-refractivity contribution is -0.120. The van der Waals surface area contributed by atoms with E-state index in [2.05, 4.69) is 5.32 Å². The molecule has 1 amide bonds. The van der Waals surface area contributed by atoms with Crippen molar-refractivity contribution in [3.63, 3.8) is 0 Å². The average molecular weight is 372 g/mol. The molecule has 0 fully saturated rings. The monoisotopic (exact) mass is 372 g/mol. The van der Waals surface area contributed by atoms with Gasteiger partial charge >= 0.3 is 0 Å². The lowest BCUT2D eigenvalue weighted by Crippen LogP contribution is -2.40. The Morgan fingerprint density at radius 3 is 2.33 bits per heavy atom. The van der Waals surface area contributed by atoms with Gasteiger partial charge in [0.1, 0.15) is 5.75 Å². The van der Waals surface area contributed by atoms with Crippen LogP contribution in [0, 0.1) is 0 Å². The first-order chi connectivity index (χ1) is 13.0. The summed E-state index contributed by atoms with van der Waals surface area (Å²) in [5.41, 5.74) is 1.79. The predicted molar refractivity (Wildman–Crippen MR) is 107 cm³/mol. The maximum atomic E-state index is 12.6. The summed E-state index contributed by atoms with van der Waals surface area (Å²) in [6.45, 7) is 2.62. The number of benzene rings is 2. The van der Waals surface area contributed by atoms with Crippen LogP contribution in [0.1, 0.15) is 12.5 Å². The number of hydrogen-bond donors (Lipinski definition) is 1. The molecule has 0 aliphatic rings. The molecule has 0 spiro atoms. The largest absolute Gasteiger partial charge is 0.495 e. The van der Waals surface area contributed by atoms with E-state index in [9.17, 15) is 4.79 Å². The highest BCUT2D eigenvalue weighted by Gasteiger charge is 2.19. The number of amides is 1. The lowest BCUT2D eigenvalue weighted by atomic mass is 10.1. The second kappa shape index (κ2) is 9.83. The molecule has 0 aliphatic heterocycles. The molecule has 27 heavy (non-hydrogen) atoms. The van der Waals surface area contributed by atoms with Gasteiger partial charge in [0.15, 0.2) is 11.5 Å². The molecule has 146 valence electrons. The van der Waals surface area contributed by atoms with E-state index >= 15 is 0 Å². The van der Waals surface area contributed by atoms with Crippen LogP contribution in [0.4, 0.5) is 5.69 Å². The standard InChI is InChI=1S/C21H28N2O4/c1-15(21(24)22-17-8-6-7-9-18(17)25-3)23(2)13-12-16-10-11-19(26-4)20(14-16)27-5/h6-11,14-15H,12-13H2,1-5H3,(H,22,24). The number of likely N-dealkylation sites (N-methyl/N-ethyl adjacent to an activating group) is 1. The van der Waals surface area contributed by atoms with Crippen LogP contribution in [0.2, 0.25) is 0 Å². The van der Waals surface area contributed by atoms with Crippen LogP contribution in [-0.4, -0.2) is 51.8 Å². The van der Waals surface area contributed by atoms with Crippen LogP contribution in [0.3, 0.4) is 0 Å². The first kappa shape index (κ1) is 20.6. The van der Waals surface area contributed by atoms with Gasteiger partial charge in [-0.25, -0.2) is 0 Å². The quantitative estimate of drug-likeness (QED) is 0.732. The summed E-state index contributed by atoms with van der Waals surface area (Å²) < 4.78 is 15.9. The maximum absolute atomic E-state index is 12.6. The van der Waals surface area contributed by atoms with Gasteiger partial charge < -0.3 is 19.5 Å². The van der Waals surface area contributed by atoms with E-state index in [1.165, 1.54) is 0 Å². The van der Waals surface area contributed by atoms with Crippen LogP contribution in [-0.2, 0) is 11.2 Å². The Hall–Kier alpha value is -2.73. The number of rotatable bonds is 9. The van der Waals surface area contributed by atoms with Crippen molar-refractivity contribution in [2.75, 3.05) is 40.2 Å². The normalized spacial score (nSPS) is 11.8. The Morgan fingerprint density at radius 2 is 1.67 bits per heavy atom. The molecule has 1 unspecified atom stereocenters. The fourth-order valence-electron chi connectivity index (χ4n) is 2.72. The van der Waals surface area contributed by atoms with E-state index in [-0.39, 0.29) is 11.9 Å². The van der Waals surface area contributed by atoms with Crippen molar-refractivity contribution in [3.05, 3.63) is 48.0 Å². The highest BCUT2D eigenvalue weighted by molar-refractivity contribution is 5.95. The number of methoxy groups -OCH3 is 3. The number of para-hydroxylation sites is 2. The van der Waals surface area contributed by atoms with Crippen molar-refractivity contribution in [2.24, 2.45) is 0 Å². The van der Waals surface area contributed by atoms with E-state index in [1.54, 1.807) is 21.3 Å². The summed E-state index contributed by atoms with van der Waals surface area (Å²) in [4.78, 5) is 14.6. The molecular formula is C21H28N2O4. The first-order valence-corrected chi connectivity index (χ1v) is 8.85. The van der Waals surface area contributed by atoms with Gasteiger partial charge in [0.05, 0.1) is 33.1 Å². The Balaban J connectivity index is 1.95. The highest BCUT2D eigenvalue weighted by Crippen LogP contribution is 2.28. The number of carbonyl (C=O) groups excluding carboxylic acids is 1. The molecule has 1 N–H and O–H groups in total. The summed E-state index contributed by atoms with van der Waals surface area (Å²) in [6, 6.07) is 13.0. The molecule has 0 radical (unpaired) electrons. The van der Waals surface area contributed by atoms with Gasteiger partial charge in [0, 0.05) is 6.54 Å². The molecule has 0 aromatic heterocycles. The lowest BCUT2D eigenvalue weighted by Gasteiger charge is -2.24. The topological polar surface area (TPSA) is 60.0 Å². The number of ether oxygens (including phenoxy) is 3. The summed E-state index contributed by atoms with van der Waals surface area (Å²) in [6.07, 6.45) is 0.795. The van der Waals surface area contributed by atoms with E-state index in [0.717, 1.165) is 18.5 Å². The predicted octanol–water partition coefficient (Wildman–Crippen LogP) is 3.21. The van der Waals surface area contributed by atoms with Gasteiger partial charge in [-0.3, -0.25) is 9.69 Å². The Morgan fingerprint density at radius 1 is 1.00 bits per heavy atom. The van der Waals surface area contributed by atoms with Crippen LogP contribution in [0.15, 0.2) is 42.5 Å². The molecule has 0 aliphatic carbocycles. The molecular weight excluding hydrogens is 344 g/mol. The smallest absolute Gasteiger partial charge is 0.241 e. The summed E-state index contributed by atoms with van der Waals surface area (Å²) in [5.74, 6) is 1.99. The zero-order valence-electron chi connectivity index (χ0n) is 16.6. The number of anilines is 1. The zero-order valence-corrected chi connectivity index (χ0v) is 16.6. The number of hydrogen-bond acceptors (Lipinski definition) is 5. The molecule has 2 rings (SSSR count). The van der Waals surface area contributed by atoms with Crippen LogP contribution in [0.5, 0.6) is 17.2 Å². The van der Waals surface area contributed by atoms with E-state index in [0.29, 0.717) is 22.9 Å². The molecule has 6 heteroatoms. The van der Waals surface area contributed by atoms with E-state index in [1.807, 2.05) is 61.3 Å². The summed E-state index contributed by atoms with van der Waals surface area (Å²) in [5, 5.41) is 2.93. The van der Waals surface area contributed by atoms with Crippen molar-refractivity contribution in [3.8, 4) is 17.2 Å². The zero-order chi connectivity index (χ0) is 19.8. The Kier molecular flexibility index (Phi) is 7.49. The minimum absolute atomic E-state index is 0.0747. The summed E-state index contributed by atoms with van der Waals surface area (Å²) >= 11 is 0. The SMILES string of the molecule is COc1ccccc1NC(=O)C(C)N(C)CCc1ccc(OC)c(OC)c1. The van der Waals surface area contributed by atoms with Crippen molar-refractivity contribution in [1.29, 1.82) is 0 Å². The molecule has 0 bridgehead atoms. The molecule has 0 heterocycles. The number of nitrogens with one attached hydrogen (secondary N) is 1. The number of nitrogens with zero attached hydrogens (tertiary/aromatic N) is 1. The van der Waals surface area contributed by atoms with Crippen molar-refractivity contribution < 1.29 is 19.0 Å². The van der Waals surface area contributed by atoms with Crippen LogP contribution < -0.4 is 19.5 Å². The van der Waals surface area contributed by atoms with E-state index < -0.39 is 0 Å². The van der Waals surface area contributed by atoms with Gasteiger partial charge in [0.2, 0.25) is 5.91 Å². The second-order valence-electron chi connectivity index (χ2n) is 6.29. The molecule has 1 atom stereocenters. The van der Waals surface area contributed by atoms with Gasteiger partial charge in [0.25, 0.3) is 0 Å². The highest BCUT2D eigenvalue weighted by atomic mass is 16.5. The fraction of sp³-hybridized carbons (Fsp3) is 0.381. The van der Waals surface area contributed by atoms with Crippen molar-refractivity contribution >= 4 is 11.6 Å². The second-order valence-corrected chi connectivity index (χ2v) is 6.29. The molecule has 0 saturated carbocycles. The Labute approximate surface area is 161 Å². The van der Waals surface area contributed by atoms with E-state index in [4.69, 9.17) is 14.2 Å². The van der Waals surface area contributed by atoms with Gasteiger partial charge in [-0.2, -0.15) is 0 Å². The van der Waals surface area contributed by atoms with Crippen molar-refractivity contribution in [1.82, 2.24) is 4.90 Å². The van der Waals surface area contributed by atoms with Crippen LogP contribution in [0.25, 0.3) is 0 Å². The maximum Gasteiger partial charge on any atom is 0.241 e. The van der Waals surface area contributed by atoms with Gasteiger partial charge in [-0.1, -0.05) is 18.2 Å². The third-order valence-corrected chi connectivity index (χ3v) is 4.61. The van der Waals surface area contributed by atoms with Gasteiger partial charge in [-0.15, -0.1) is 0 Å². The third kappa shape index (κ3) is 5.37. The first-order valence-electron chi connectivity index (χ1n) is 8.85. The molecule has 0 saturated heterocycles.